The fraction of sp³-hybridized carbons (Fsp3) is 0.123. The maximum atomic E-state index is 11.4. The molecule has 0 unspecified atom stereocenters. The number of rotatable bonds is 20. The van der Waals surface area contributed by atoms with E-state index in [4.69, 9.17) is 19.9 Å². The second kappa shape index (κ2) is 26.4. The van der Waals surface area contributed by atoms with E-state index in [1.165, 1.54) is 0 Å². The minimum atomic E-state index is -4.08. The highest BCUT2D eigenvalue weighted by Gasteiger charge is 2.20. The molecular weight excluding hydrogens is 1150 g/mol. The highest BCUT2D eigenvalue weighted by Crippen LogP contribution is 2.36. The minimum absolute atomic E-state index is 0.207. The minimum Gasteiger partial charge on any atom is -0.324 e. The van der Waals surface area contributed by atoms with Crippen LogP contribution < -0.4 is 18.3 Å². The Labute approximate surface area is 517 Å². The van der Waals surface area contributed by atoms with Crippen LogP contribution in [-0.4, -0.2) is 51.8 Å². The third-order valence-electron chi connectivity index (χ3n) is 16.0. The molecule has 12 aromatic rings. The third kappa shape index (κ3) is 15.0. The molecule has 6 heterocycles. The quantitative estimate of drug-likeness (QED) is 0.0423. The van der Waals surface area contributed by atoms with Gasteiger partial charge in [0, 0.05) is 81.9 Å². The van der Waals surface area contributed by atoms with E-state index >= 15 is 0 Å². The zero-order chi connectivity index (χ0) is 61.5. The molecule has 16 heteroatoms. The first kappa shape index (κ1) is 59.7. The molecule has 89 heavy (non-hydrogen) atoms. The summed E-state index contributed by atoms with van der Waals surface area (Å²) >= 11 is 0. The summed E-state index contributed by atoms with van der Waals surface area (Å²) in [4.78, 5) is 57.6. The van der Waals surface area contributed by atoms with Crippen molar-refractivity contribution in [3.05, 3.63) is 267 Å². The van der Waals surface area contributed by atoms with E-state index in [0.717, 1.165) is 131 Å². The molecule has 6 aromatic heterocycles. The van der Waals surface area contributed by atoms with Gasteiger partial charge in [-0.3, -0.25) is 9.13 Å². The Bertz CT molecular complexity index is 4250. The SMILES string of the molecule is Cc1ccccc1-c1nc(-c2ccc(-c3cc[n+](CCC[n+]4ccc(-c5ccc(-c6cc(-c7ccc(-c8cc[n+](CCP(=O)(O)O)cc8)cc7)nc(-c7ccccc7C)n6)cc5)cc4)cc3)cc2)cc(-c2ccc(-c3cc[n+](CCP(=O)(O)O)cc3)cc2)n1. The van der Waals surface area contributed by atoms with Crippen LogP contribution in [0.4, 0.5) is 0 Å². The molecule has 0 saturated heterocycles. The van der Waals surface area contributed by atoms with Crippen molar-refractivity contribution in [2.45, 2.75) is 46.4 Å². The predicted molar refractivity (Wildman–Crippen MR) is 347 cm³/mol. The van der Waals surface area contributed by atoms with Crippen molar-refractivity contribution in [1.29, 1.82) is 0 Å². The second-order valence-electron chi connectivity index (χ2n) is 22.3. The molecular formula is C73H66N8O6P2+4. The van der Waals surface area contributed by atoms with Gasteiger partial charge < -0.3 is 19.6 Å². The summed E-state index contributed by atoms with van der Waals surface area (Å²) in [6.07, 6.45) is 16.5. The monoisotopic (exact) mass is 1210 g/mol. The van der Waals surface area contributed by atoms with Crippen LogP contribution in [0, 0.1) is 13.8 Å². The zero-order valence-electron chi connectivity index (χ0n) is 49.3. The standard InChI is InChI=1S/C73H62N8O6P2/c1-52-8-3-5-10-66(52)72-74-68(50-70(76-72)64-24-16-56(17-25-64)60-32-42-80(43-33-60)46-48-88(82,83)84)62-20-12-54(13-21-62)58-28-38-78(39-29-58)36-7-37-79-40-30-59(31-41-79)55-14-22-63(23-15-55)69-51-71(77-73(75-69)67-11-6-4-9-53(67)2)65-26-18-57(19-27-65)61-34-44-81(45-35-61)47-49-89(85,86)87/h3-6,8-35,38-45,50-51H,7,36-37,46-49H2,1-2H3/p+4. The Morgan fingerprint density at radius 3 is 0.775 bits per heavy atom. The van der Waals surface area contributed by atoms with Gasteiger partial charge in [-0.2, -0.15) is 0 Å². The van der Waals surface area contributed by atoms with E-state index in [2.05, 4.69) is 193 Å². The first-order valence-electron chi connectivity index (χ1n) is 29.5. The molecule has 6 aromatic carbocycles. The Kier molecular flexibility index (Phi) is 17.7. The van der Waals surface area contributed by atoms with Gasteiger partial charge in [0.25, 0.3) is 0 Å². The van der Waals surface area contributed by atoms with Crippen molar-refractivity contribution in [3.8, 4) is 112 Å². The van der Waals surface area contributed by atoms with Crippen molar-refractivity contribution in [2.24, 2.45) is 0 Å². The highest BCUT2D eigenvalue weighted by molar-refractivity contribution is 7.52. The molecule has 0 aliphatic rings. The number of aryl methyl sites for hydroxylation is 6. The Hall–Kier alpha value is -9.62. The lowest BCUT2D eigenvalue weighted by molar-refractivity contribution is -0.726. The Morgan fingerprint density at radius 1 is 0.303 bits per heavy atom. The smallest absolute Gasteiger partial charge is 0.324 e. The van der Waals surface area contributed by atoms with Crippen molar-refractivity contribution < 1.29 is 47.0 Å². The first-order valence-corrected chi connectivity index (χ1v) is 33.1. The van der Waals surface area contributed by atoms with Gasteiger partial charge in [0.15, 0.2) is 87.4 Å². The number of benzene rings is 6. The van der Waals surface area contributed by atoms with Crippen molar-refractivity contribution in [1.82, 2.24) is 19.9 Å². The normalized spacial score (nSPS) is 11.7. The fourth-order valence-corrected chi connectivity index (χ4v) is 11.8. The van der Waals surface area contributed by atoms with Crippen LogP contribution >= 0.6 is 15.2 Å². The predicted octanol–water partition coefficient (Wildman–Crippen LogP) is 13.1. The molecule has 4 N–H and O–H groups in total. The van der Waals surface area contributed by atoms with Gasteiger partial charge in [-0.1, -0.05) is 146 Å². The van der Waals surface area contributed by atoms with Crippen LogP contribution in [0.15, 0.2) is 256 Å². The van der Waals surface area contributed by atoms with Gasteiger partial charge in [0.2, 0.25) is 0 Å². The summed E-state index contributed by atoms with van der Waals surface area (Å²) in [5.74, 6) is 1.32. The summed E-state index contributed by atoms with van der Waals surface area (Å²) in [5, 5.41) is 0. The Balaban J connectivity index is 0.679. The Morgan fingerprint density at radius 2 is 0.528 bits per heavy atom. The third-order valence-corrected chi connectivity index (χ3v) is 17.5. The molecule has 0 fully saturated rings. The second-order valence-corrected chi connectivity index (χ2v) is 25.8. The molecule has 0 radical (unpaired) electrons. The molecule has 0 aliphatic carbocycles. The van der Waals surface area contributed by atoms with Crippen LogP contribution in [0.25, 0.3) is 112 Å². The van der Waals surface area contributed by atoms with E-state index in [-0.39, 0.29) is 25.4 Å². The van der Waals surface area contributed by atoms with Crippen LogP contribution in [0.5, 0.6) is 0 Å². The summed E-state index contributed by atoms with van der Waals surface area (Å²) in [6, 6.07) is 70.6. The number of pyridine rings is 4. The van der Waals surface area contributed by atoms with E-state index in [9.17, 15) is 28.7 Å². The van der Waals surface area contributed by atoms with Crippen molar-refractivity contribution >= 4 is 15.2 Å². The van der Waals surface area contributed by atoms with Crippen molar-refractivity contribution in [2.75, 3.05) is 12.3 Å². The maximum Gasteiger partial charge on any atom is 0.331 e. The van der Waals surface area contributed by atoms with Gasteiger partial charge in [-0.25, -0.2) is 38.2 Å². The largest absolute Gasteiger partial charge is 0.331 e. The molecule has 0 atom stereocenters. The van der Waals surface area contributed by atoms with Crippen LogP contribution in [-0.2, 0) is 35.3 Å². The van der Waals surface area contributed by atoms with E-state index in [1.807, 2.05) is 85.5 Å². The molecule has 0 bridgehead atoms. The molecule has 14 nitrogen and oxygen atoms in total. The van der Waals surface area contributed by atoms with E-state index in [0.29, 0.717) is 11.6 Å². The van der Waals surface area contributed by atoms with E-state index in [1.54, 1.807) is 9.13 Å². The van der Waals surface area contributed by atoms with Crippen LogP contribution in [0.2, 0.25) is 0 Å². The lowest BCUT2D eigenvalue weighted by Gasteiger charge is -2.12. The maximum absolute atomic E-state index is 11.4. The lowest BCUT2D eigenvalue weighted by atomic mass is 10.0. The molecule has 0 aliphatic heterocycles. The van der Waals surface area contributed by atoms with E-state index < -0.39 is 15.2 Å². The average molecular weight is 1210 g/mol. The first-order chi connectivity index (χ1) is 43.1. The molecule has 0 saturated carbocycles. The lowest BCUT2D eigenvalue weighted by Crippen LogP contribution is -2.38. The van der Waals surface area contributed by atoms with Crippen LogP contribution in [0.3, 0.4) is 0 Å². The van der Waals surface area contributed by atoms with Crippen LogP contribution in [0.1, 0.15) is 17.5 Å². The summed E-state index contributed by atoms with van der Waals surface area (Å²) < 4.78 is 30.8. The number of nitrogens with zero attached hydrogens (tertiary/aromatic N) is 8. The van der Waals surface area contributed by atoms with Gasteiger partial charge in [-0.15, -0.1) is 0 Å². The summed E-state index contributed by atoms with van der Waals surface area (Å²) in [5.41, 5.74) is 19.8. The topological polar surface area (TPSA) is 182 Å². The molecule has 12 rings (SSSR count). The molecule has 0 spiro atoms. The zero-order valence-corrected chi connectivity index (χ0v) is 51.1. The summed E-state index contributed by atoms with van der Waals surface area (Å²) in [7, 11) is -8.16. The van der Waals surface area contributed by atoms with Gasteiger partial charge in [-0.05, 0) is 81.6 Å². The van der Waals surface area contributed by atoms with Gasteiger partial charge in [0.05, 0.1) is 29.2 Å². The highest BCUT2D eigenvalue weighted by atomic mass is 31.2. The number of hydrogen-bond donors (Lipinski definition) is 4. The fourth-order valence-electron chi connectivity index (χ4n) is 10.8. The average Bonchev–Trinajstić information content (AvgIpc) is 3.59. The molecule has 440 valence electrons. The van der Waals surface area contributed by atoms with Gasteiger partial charge >= 0.3 is 15.2 Å². The molecule has 0 amide bonds. The number of aromatic nitrogens is 8. The van der Waals surface area contributed by atoms with Crippen molar-refractivity contribution in [3.63, 3.8) is 0 Å². The number of hydrogen-bond acceptors (Lipinski definition) is 6. The van der Waals surface area contributed by atoms with Gasteiger partial charge in [0.1, 0.15) is 12.3 Å². The summed E-state index contributed by atoms with van der Waals surface area (Å²) in [6.45, 7) is 6.37.